The monoisotopic (exact) mass is 285 g/mol. The average molecular weight is 286 g/mol. The number of hydrogen-bond donors (Lipinski definition) is 0. The highest BCUT2D eigenvalue weighted by atomic mass is 35.5. The lowest BCUT2D eigenvalue weighted by Gasteiger charge is -2.06. The quantitative estimate of drug-likeness (QED) is 0.358. The Kier molecular flexibility index (Phi) is 8.20. The number of ether oxygens (including phenoxy) is 2. The lowest BCUT2D eigenvalue weighted by molar-refractivity contribution is -0.146. The van der Waals surface area contributed by atoms with Crippen molar-refractivity contribution in [3.8, 4) is 0 Å². The van der Waals surface area contributed by atoms with Crippen LogP contribution in [0.15, 0.2) is 30.1 Å². The first kappa shape index (κ1) is 17.1. The average Bonchev–Trinajstić information content (AvgIpc) is 2.37. The third-order valence-corrected chi connectivity index (χ3v) is 2.01. The van der Waals surface area contributed by atoms with Gasteiger partial charge in [0.1, 0.15) is 5.57 Å². The van der Waals surface area contributed by atoms with Gasteiger partial charge in [0.05, 0.1) is 13.2 Å². The van der Waals surface area contributed by atoms with Gasteiger partial charge in [0, 0.05) is 12.4 Å². The summed E-state index contributed by atoms with van der Waals surface area (Å²) >= 11 is 0. The molecule has 1 heterocycles. The second-order valence-corrected chi connectivity index (χ2v) is 3.28. The molecule has 0 bridgehead atoms. The number of hydrogen-bond acceptors (Lipinski definition) is 5. The van der Waals surface area contributed by atoms with E-state index in [0.717, 1.165) is 0 Å². The molecule has 0 fully saturated rings. The van der Waals surface area contributed by atoms with E-state index in [0.29, 0.717) is 5.56 Å². The molecule has 0 aliphatic heterocycles. The van der Waals surface area contributed by atoms with Crippen LogP contribution in [-0.2, 0) is 19.1 Å². The minimum Gasteiger partial charge on any atom is -0.462 e. The second-order valence-electron chi connectivity index (χ2n) is 3.28. The maximum atomic E-state index is 11.7. The summed E-state index contributed by atoms with van der Waals surface area (Å²) in [7, 11) is 0. The zero-order valence-corrected chi connectivity index (χ0v) is 11.6. The van der Waals surface area contributed by atoms with Crippen molar-refractivity contribution in [2.45, 2.75) is 13.8 Å². The predicted molar refractivity (Wildman–Crippen MR) is 72.7 cm³/mol. The number of carbonyl (C=O) groups is 2. The summed E-state index contributed by atoms with van der Waals surface area (Å²) < 4.78 is 9.64. The fourth-order valence-corrected chi connectivity index (χ4v) is 1.25. The molecule has 1 aromatic rings. The first-order chi connectivity index (χ1) is 8.69. The fourth-order valence-electron chi connectivity index (χ4n) is 1.25. The molecule has 104 valence electrons. The van der Waals surface area contributed by atoms with Gasteiger partial charge in [-0.2, -0.15) is 0 Å². The Labute approximate surface area is 118 Å². The van der Waals surface area contributed by atoms with Gasteiger partial charge >= 0.3 is 11.9 Å². The van der Waals surface area contributed by atoms with Gasteiger partial charge in [-0.1, -0.05) is 0 Å². The third kappa shape index (κ3) is 5.52. The van der Waals surface area contributed by atoms with Crippen LogP contribution < -0.4 is 0 Å². The summed E-state index contributed by atoms with van der Waals surface area (Å²) in [4.78, 5) is 27.2. The molecule has 0 aromatic carbocycles. The molecular weight excluding hydrogens is 270 g/mol. The topological polar surface area (TPSA) is 65.5 Å². The van der Waals surface area contributed by atoms with E-state index in [4.69, 9.17) is 9.47 Å². The fraction of sp³-hybridized carbons (Fsp3) is 0.308. The number of pyridine rings is 1. The van der Waals surface area contributed by atoms with Gasteiger partial charge in [-0.05, 0) is 37.6 Å². The molecule has 0 radical (unpaired) electrons. The van der Waals surface area contributed by atoms with Crippen LogP contribution in [0, 0.1) is 0 Å². The Bertz CT molecular complexity index is 425. The van der Waals surface area contributed by atoms with Crippen LogP contribution >= 0.6 is 12.4 Å². The molecule has 0 unspecified atom stereocenters. The van der Waals surface area contributed by atoms with E-state index in [1.54, 1.807) is 38.4 Å². The molecule has 19 heavy (non-hydrogen) atoms. The Balaban J connectivity index is 0.00000324. The number of carbonyl (C=O) groups excluding carboxylic acids is 2. The van der Waals surface area contributed by atoms with Crippen LogP contribution in [0.5, 0.6) is 0 Å². The van der Waals surface area contributed by atoms with Gasteiger partial charge in [-0.25, -0.2) is 9.59 Å². The number of esters is 2. The van der Waals surface area contributed by atoms with E-state index >= 15 is 0 Å². The van der Waals surface area contributed by atoms with E-state index in [-0.39, 0.29) is 31.2 Å². The van der Waals surface area contributed by atoms with Crippen LogP contribution in [0.25, 0.3) is 6.08 Å². The van der Waals surface area contributed by atoms with E-state index in [2.05, 4.69) is 4.98 Å². The van der Waals surface area contributed by atoms with Crippen LogP contribution in [0.3, 0.4) is 0 Å². The number of nitrogens with zero attached hydrogens (tertiary/aromatic N) is 1. The maximum absolute atomic E-state index is 11.7. The summed E-state index contributed by atoms with van der Waals surface area (Å²) in [5, 5.41) is 0. The van der Waals surface area contributed by atoms with Crippen molar-refractivity contribution in [1.82, 2.24) is 4.98 Å². The summed E-state index contributed by atoms with van der Waals surface area (Å²) in [5.41, 5.74) is 0.561. The predicted octanol–water partition coefficient (Wildman–Crippen LogP) is 2.01. The van der Waals surface area contributed by atoms with Crippen molar-refractivity contribution in [2.75, 3.05) is 13.2 Å². The van der Waals surface area contributed by atoms with Gasteiger partial charge < -0.3 is 9.47 Å². The van der Waals surface area contributed by atoms with Gasteiger partial charge in [-0.3, -0.25) is 4.98 Å². The number of aromatic nitrogens is 1. The standard InChI is InChI=1S/C13H15NO4.ClH/c1-3-17-12(15)11(13(16)18-4-2)9-10-5-7-14-8-6-10;/h5-9H,3-4H2,1-2H3;1H. The summed E-state index contributed by atoms with van der Waals surface area (Å²) in [5.74, 6) is -1.37. The van der Waals surface area contributed by atoms with Crippen molar-refractivity contribution < 1.29 is 19.1 Å². The molecule has 0 aliphatic rings. The molecule has 0 atom stereocenters. The largest absolute Gasteiger partial charge is 0.462 e. The first-order valence-electron chi connectivity index (χ1n) is 5.65. The third-order valence-electron chi connectivity index (χ3n) is 2.01. The Morgan fingerprint density at radius 2 is 1.58 bits per heavy atom. The molecule has 0 aliphatic carbocycles. The lowest BCUT2D eigenvalue weighted by Crippen LogP contribution is -2.18. The van der Waals surface area contributed by atoms with E-state index in [1.165, 1.54) is 6.08 Å². The van der Waals surface area contributed by atoms with E-state index < -0.39 is 11.9 Å². The molecule has 6 heteroatoms. The highest BCUT2D eigenvalue weighted by Gasteiger charge is 2.20. The Morgan fingerprint density at radius 3 is 2.00 bits per heavy atom. The van der Waals surface area contributed by atoms with Crippen molar-refractivity contribution in [3.05, 3.63) is 35.7 Å². The molecule has 0 saturated carbocycles. The summed E-state index contributed by atoms with van der Waals surface area (Å²) in [6.07, 6.45) is 4.57. The van der Waals surface area contributed by atoms with Crippen molar-refractivity contribution in [1.29, 1.82) is 0 Å². The molecule has 1 rings (SSSR count). The van der Waals surface area contributed by atoms with Crippen LogP contribution in [0.1, 0.15) is 19.4 Å². The smallest absolute Gasteiger partial charge is 0.345 e. The van der Waals surface area contributed by atoms with Gasteiger partial charge in [0.15, 0.2) is 0 Å². The molecule has 0 saturated heterocycles. The summed E-state index contributed by atoms with van der Waals surface area (Å²) in [6, 6.07) is 3.36. The molecule has 5 nitrogen and oxygen atoms in total. The Hall–Kier alpha value is -1.88. The molecular formula is C13H16ClNO4. The molecule has 0 amide bonds. The van der Waals surface area contributed by atoms with E-state index in [9.17, 15) is 9.59 Å². The minimum atomic E-state index is -0.687. The first-order valence-corrected chi connectivity index (χ1v) is 5.65. The van der Waals surface area contributed by atoms with Crippen LogP contribution in [0.4, 0.5) is 0 Å². The minimum absolute atomic E-state index is 0. The molecule has 0 spiro atoms. The normalized spacial score (nSPS) is 8.95. The van der Waals surface area contributed by atoms with Crippen molar-refractivity contribution >= 4 is 30.4 Å². The van der Waals surface area contributed by atoms with Gasteiger partial charge in [0.25, 0.3) is 0 Å². The molecule has 0 N–H and O–H groups in total. The number of halogens is 1. The van der Waals surface area contributed by atoms with Crippen LogP contribution in [-0.4, -0.2) is 30.1 Å². The number of rotatable bonds is 5. The summed E-state index contributed by atoms with van der Waals surface area (Å²) in [6.45, 7) is 3.75. The Morgan fingerprint density at radius 1 is 1.11 bits per heavy atom. The van der Waals surface area contributed by atoms with Crippen molar-refractivity contribution in [3.63, 3.8) is 0 Å². The second kappa shape index (κ2) is 9.10. The zero-order valence-electron chi connectivity index (χ0n) is 10.8. The SMILES string of the molecule is CCOC(=O)C(=Cc1ccncc1)C(=O)OCC.Cl. The lowest BCUT2D eigenvalue weighted by atomic mass is 10.1. The van der Waals surface area contributed by atoms with Gasteiger partial charge in [-0.15, -0.1) is 12.4 Å². The van der Waals surface area contributed by atoms with Crippen molar-refractivity contribution in [2.24, 2.45) is 0 Å². The van der Waals surface area contributed by atoms with Gasteiger partial charge in [0.2, 0.25) is 0 Å². The highest BCUT2D eigenvalue weighted by Crippen LogP contribution is 2.09. The molecule has 1 aromatic heterocycles. The highest BCUT2D eigenvalue weighted by molar-refractivity contribution is 6.17. The zero-order chi connectivity index (χ0) is 13.4. The van der Waals surface area contributed by atoms with Crippen LogP contribution in [0.2, 0.25) is 0 Å². The van der Waals surface area contributed by atoms with E-state index in [1.807, 2.05) is 0 Å². The maximum Gasteiger partial charge on any atom is 0.345 e.